The Morgan fingerprint density at radius 2 is 1.96 bits per heavy atom. The van der Waals surface area contributed by atoms with Gasteiger partial charge in [0.25, 0.3) is 0 Å². The number of anilines is 1. The number of nitrogens with one attached hydrogen (secondary N) is 2. The Hall–Kier alpha value is -2.89. The maximum absolute atomic E-state index is 12.0. The van der Waals surface area contributed by atoms with Gasteiger partial charge >= 0.3 is 0 Å². The molecule has 2 amide bonds. The molecule has 0 aliphatic carbocycles. The van der Waals surface area contributed by atoms with E-state index in [1.165, 1.54) is 6.92 Å². The Labute approximate surface area is 141 Å². The molecule has 24 heavy (non-hydrogen) atoms. The summed E-state index contributed by atoms with van der Waals surface area (Å²) in [5.41, 5.74) is 2.63. The third-order valence-electron chi connectivity index (χ3n) is 3.53. The second kappa shape index (κ2) is 8.10. The van der Waals surface area contributed by atoms with E-state index in [9.17, 15) is 9.59 Å². The zero-order valence-corrected chi connectivity index (χ0v) is 14.1. The number of nitrogens with zero attached hydrogens (tertiary/aromatic N) is 1. The van der Waals surface area contributed by atoms with E-state index in [1.807, 2.05) is 32.0 Å². The Kier molecular flexibility index (Phi) is 5.89. The van der Waals surface area contributed by atoms with Crippen molar-refractivity contribution in [3.63, 3.8) is 0 Å². The van der Waals surface area contributed by atoms with Crippen LogP contribution in [0.25, 0.3) is 0 Å². The minimum atomic E-state index is -0.220. The van der Waals surface area contributed by atoms with Gasteiger partial charge in [-0.2, -0.15) is 0 Å². The molecule has 0 saturated heterocycles. The molecule has 126 valence electrons. The lowest BCUT2D eigenvalue weighted by Gasteiger charge is -2.13. The van der Waals surface area contributed by atoms with Crippen molar-refractivity contribution in [2.24, 2.45) is 0 Å². The van der Waals surface area contributed by atoms with Gasteiger partial charge in [0.15, 0.2) is 0 Å². The first-order valence-corrected chi connectivity index (χ1v) is 7.70. The number of amides is 2. The molecule has 0 spiro atoms. The minimum Gasteiger partial charge on any atom is -0.437 e. The fraction of sp³-hybridized carbons (Fsp3) is 0.278. The van der Waals surface area contributed by atoms with E-state index >= 15 is 0 Å². The summed E-state index contributed by atoms with van der Waals surface area (Å²) < 4.78 is 5.87. The summed E-state index contributed by atoms with van der Waals surface area (Å²) in [5, 5.41) is 5.34. The van der Waals surface area contributed by atoms with Crippen LogP contribution in [0, 0.1) is 13.8 Å². The third kappa shape index (κ3) is 4.81. The van der Waals surface area contributed by atoms with Crippen molar-refractivity contribution in [3.05, 3.63) is 47.7 Å². The van der Waals surface area contributed by atoms with Gasteiger partial charge in [0.2, 0.25) is 17.7 Å². The number of hydrogen-bond acceptors (Lipinski definition) is 4. The molecule has 0 unspecified atom stereocenters. The molecular formula is C18H21N3O3. The van der Waals surface area contributed by atoms with Crippen LogP contribution in [0.2, 0.25) is 0 Å². The second-order valence-electron chi connectivity index (χ2n) is 5.44. The molecule has 6 nitrogen and oxygen atoms in total. The van der Waals surface area contributed by atoms with Gasteiger partial charge in [0.05, 0.1) is 0 Å². The minimum absolute atomic E-state index is 0.164. The van der Waals surface area contributed by atoms with Crippen LogP contribution in [0.3, 0.4) is 0 Å². The lowest BCUT2D eigenvalue weighted by atomic mass is 10.1. The highest BCUT2D eigenvalue weighted by molar-refractivity contribution is 5.92. The van der Waals surface area contributed by atoms with Crippen molar-refractivity contribution < 1.29 is 14.3 Å². The van der Waals surface area contributed by atoms with E-state index < -0.39 is 0 Å². The number of aryl methyl sites for hydroxylation is 1. The van der Waals surface area contributed by atoms with Gasteiger partial charge < -0.3 is 15.4 Å². The van der Waals surface area contributed by atoms with Gasteiger partial charge in [-0.25, -0.2) is 4.98 Å². The topological polar surface area (TPSA) is 80.3 Å². The monoisotopic (exact) mass is 327 g/mol. The van der Waals surface area contributed by atoms with Crippen molar-refractivity contribution in [3.8, 4) is 11.6 Å². The molecule has 0 bridgehead atoms. The molecule has 0 radical (unpaired) electrons. The van der Waals surface area contributed by atoms with Crippen LogP contribution in [0.5, 0.6) is 11.6 Å². The summed E-state index contributed by atoms with van der Waals surface area (Å²) in [7, 11) is 0. The van der Waals surface area contributed by atoms with E-state index in [-0.39, 0.29) is 24.8 Å². The summed E-state index contributed by atoms with van der Waals surface area (Å²) in [6.07, 6.45) is 1.78. The van der Waals surface area contributed by atoms with E-state index in [4.69, 9.17) is 4.74 Å². The highest BCUT2D eigenvalue weighted by atomic mass is 16.5. The molecule has 2 rings (SSSR count). The SMILES string of the molecule is CC(=O)NCCC(=O)Nc1cccnc1Oc1cccc(C)c1C. The first-order chi connectivity index (χ1) is 11.5. The number of rotatable bonds is 6. The van der Waals surface area contributed by atoms with E-state index in [1.54, 1.807) is 18.3 Å². The van der Waals surface area contributed by atoms with Crippen LogP contribution in [0.1, 0.15) is 24.5 Å². The quantitative estimate of drug-likeness (QED) is 0.855. The molecular weight excluding hydrogens is 306 g/mol. The maximum Gasteiger partial charge on any atom is 0.243 e. The summed E-state index contributed by atoms with van der Waals surface area (Å²) in [6, 6.07) is 9.22. The van der Waals surface area contributed by atoms with Gasteiger partial charge in [-0.1, -0.05) is 12.1 Å². The molecule has 2 N–H and O–H groups in total. The fourth-order valence-electron chi connectivity index (χ4n) is 2.07. The van der Waals surface area contributed by atoms with Gasteiger partial charge in [-0.05, 0) is 43.2 Å². The first-order valence-electron chi connectivity index (χ1n) is 7.70. The summed E-state index contributed by atoms with van der Waals surface area (Å²) in [6.45, 7) is 5.67. The highest BCUT2D eigenvalue weighted by Crippen LogP contribution is 2.30. The predicted molar refractivity (Wildman–Crippen MR) is 92.2 cm³/mol. The zero-order chi connectivity index (χ0) is 17.5. The molecule has 2 aromatic rings. The predicted octanol–water partition coefficient (Wildman–Crippen LogP) is 2.96. The number of carbonyl (C=O) groups excluding carboxylic acids is 2. The highest BCUT2D eigenvalue weighted by Gasteiger charge is 2.11. The van der Waals surface area contributed by atoms with E-state index in [0.29, 0.717) is 17.3 Å². The van der Waals surface area contributed by atoms with Gasteiger partial charge in [0, 0.05) is 26.1 Å². The summed E-state index contributed by atoms with van der Waals surface area (Å²) >= 11 is 0. The average molecular weight is 327 g/mol. The summed E-state index contributed by atoms with van der Waals surface area (Å²) in [5.74, 6) is 0.646. The summed E-state index contributed by atoms with van der Waals surface area (Å²) in [4.78, 5) is 27.0. The number of ether oxygens (including phenoxy) is 1. The fourth-order valence-corrected chi connectivity index (χ4v) is 2.07. The van der Waals surface area contributed by atoms with Crippen LogP contribution < -0.4 is 15.4 Å². The van der Waals surface area contributed by atoms with Crippen LogP contribution >= 0.6 is 0 Å². The van der Waals surface area contributed by atoms with Gasteiger partial charge in [-0.15, -0.1) is 0 Å². The third-order valence-corrected chi connectivity index (χ3v) is 3.53. The van der Waals surface area contributed by atoms with Crippen molar-refractivity contribution in [1.82, 2.24) is 10.3 Å². The molecule has 1 aromatic carbocycles. The van der Waals surface area contributed by atoms with Crippen LogP contribution in [0.4, 0.5) is 5.69 Å². The van der Waals surface area contributed by atoms with E-state index in [2.05, 4.69) is 15.6 Å². The largest absolute Gasteiger partial charge is 0.437 e. The second-order valence-corrected chi connectivity index (χ2v) is 5.44. The molecule has 1 heterocycles. The smallest absolute Gasteiger partial charge is 0.243 e. The molecule has 0 fully saturated rings. The number of aromatic nitrogens is 1. The number of carbonyl (C=O) groups is 2. The normalized spacial score (nSPS) is 10.1. The molecule has 0 aliphatic rings. The zero-order valence-electron chi connectivity index (χ0n) is 14.1. The van der Waals surface area contributed by atoms with Gasteiger partial charge in [-0.3, -0.25) is 9.59 Å². The number of pyridine rings is 1. The number of hydrogen-bond donors (Lipinski definition) is 2. The Bertz CT molecular complexity index is 744. The standard InChI is InChI=1S/C18H21N3O3/c1-12-6-4-8-16(13(12)2)24-18-15(7-5-10-20-18)21-17(23)9-11-19-14(3)22/h4-8,10H,9,11H2,1-3H3,(H,19,22)(H,21,23). The Balaban J connectivity index is 2.08. The molecule has 0 aliphatic heterocycles. The van der Waals surface area contributed by atoms with Crippen molar-refractivity contribution in [2.45, 2.75) is 27.2 Å². The molecule has 1 aromatic heterocycles. The van der Waals surface area contributed by atoms with Crippen molar-refractivity contribution in [2.75, 3.05) is 11.9 Å². The number of benzene rings is 1. The van der Waals surface area contributed by atoms with Gasteiger partial charge in [0.1, 0.15) is 11.4 Å². The Morgan fingerprint density at radius 3 is 2.71 bits per heavy atom. The van der Waals surface area contributed by atoms with E-state index in [0.717, 1.165) is 11.1 Å². The first kappa shape index (κ1) is 17.5. The lowest BCUT2D eigenvalue weighted by molar-refractivity contribution is -0.119. The van der Waals surface area contributed by atoms with Crippen LogP contribution in [0.15, 0.2) is 36.5 Å². The maximum atomic E-state index is 12.0. The Morgan fingerprint density at radius 1 is 1.17 bits per heavy atom. The van der Waals surface area contributed by atoms with Crippen molar-refractivity contribution in [1.29, 1.82) is 0 Å². The van der Waals surface area contributed by atoms with Crippen LogP contribution in [-0.4, -0.2) is 23.3 Å². The van der Waals surface area contributed by atoms with Crippen LogP contribution in [-0.2, 0) is 9.59 Å². The van der Waals surface area contributed by atoms with Crippen molar-refractivity contribution >= 4 is 17.5 Å². The molecule has 0 atom stereocenters. The average Bonchev–Trinajstić information content (AvgIpc) is 2.53. The molecule has 6 heteroatoms. The lowest BCUT2D eigenvalue weighted by Crippen LogP contribution is -2.25. The molecule has 0 saturated carbocycles.